The molecule has 0 aromatic heterocycles. The van der Waals surface area contributed by atoms with Gasteiger partial charge in [0.1, 0.15) is 0 Å². The summed E-state index contributed by atoms with van der Waals surface area (Å²) in [6.07, 6.45) is 0. The Morgan fingerprint density at radius 2 is 1.83 bits per heavy atom. The summed E-state index contributed by atoms with van der Waals surface area (Å²) in [6, 6.07) is 0. The molecule has 2 N–H and O–H groups in total. The van der Waals surface area contributed by atoms with E-state index in [1.807, 2.05) is 7.05 Å². The fraction of sp³-hybridized carbons (Fsp3) is 1.00. The zero-order chi connectivity index (χ0) is 9.61. The van der Waals surface area contributed by atoms with Crippen molar-refractivity contribution in [3.63, 3.8) is 0 Å². The van der Waals surface area contributed by atoms with Crippen LogP contribution in [0.25, 0.3) is 0 Å². The molecule has 12 heavy (non-hydrogen) atoms. The van der Waals surface area contributed by atoms with Gasteiger partial charge < -0.3 is 15.3 Å². The van der Waals surface area contributed by atoms with Crippen molar-refractivity contribution in [2.75, 3.05) is 33.3 Å². The smallest absolute Gasteiger partial charge is 0.0558 e. The summed E-state index contributed by atoms with van der Waals surface area (Å²) < 4.78 is 0. The highest BCUT2D eigenvalue weighted by Gasteiger charge is 2.07. The summed E-state index contributed by atoms with van der Waals surface area (Å²) in [5, 5.41) is 12.0. The molecule has 0 saturated heterocycles. The van der Waals surface area contributed by atoms with Gasteiger partial charge in [-0.2, -0.15) is 0 Å². The van der Waals surface area contributed by atoms with Crippen molar-refractivity contribution in [1.29, 1.82) is 0 Å². The van der Waals surface area contributed by atoms with Crippen molar-refractivity contribution in [3.8, 4) is 0 Å². The Labute approximate surface area is 75.8 Å². The third kappa shape index (κ3) is 7.98. The Balaban J connectivity index is 3.31. The Kier molecular flexibility index (Phi) is 5.46. The highest BCUT2D eigenvalue weighted by molar-refractivity contribution is 4.70. The fourth-order valence-corrected chi connectivity index (χ4v) is 0.904. The third-order valence-electron chi connectivity index (χ3n) is 1.63. The second-order valence-electron chi connectivity index (χ2n) is 4.20. The lowest BCUT2D eigenvalue weighted by atomic mass is 10.1. The van der Waals surface area contributed by atoms with Crippen LogP contribution in [0.5, 0.6) is 0 Å². The van der Waals surface area contributed by atoms with E-state index < -0.39 is 0 Å². The van der Waals surface area contributed by atoms with E-state index in [4.69, 9.17) is 5.11 Å². The molecule has 0 heterocycles. The van der Waals surface area contributed by atoms with E-state index in [1.54, 1.807) is 0 Å². The highest BCUT2D eigenvalue weighted by Crippen LogP contribution is 1.96. The molecule has 0 aliphatic rings. The Bertz CT molecular complexity index is 110. The SMILES string of the molecule is CN(CCO)CCNC(C)(C)C. The number of hydrogen-bond acceptors (Lipinski definition) is 3. The van der Waals surface area contributed by atoms with Gasteiger partial charge >= 0.3 is 0 Å². The van der Waals surface area contributed by atoms with E-state index >= 15 is 0 Å². The van der Waals surface area contributed by atoms with Gasteiger partial charge in [-0.15, -0.1) is 0 Å². The minimum absolute atomic E-state index is 0.194. The Morgan fingerprint density at radius 3 is 2.25 bits per heavy atom. The van der Waals surface area contributed by atoms with Crippen LogP contribution >= 0.6 is 0 Å². The van der Waals surface area contributed by atoms with E-state index in [1.165, 1.54) is 0 Å². The van der Waals surface area contributed by atoms with Crippen LogP contribution in [-0.2, 0) is 0 Å². The summed E-state index contributed by atoms with van der Waals surface area (Å²) >= 11 is 0. The third-order valence-corrected chi connectivity index (χ3v) is 1.63. The summed E-state index contributed by atoms with van der Waals surface area (Å²) in [6.45, 7) is 9.41. The van der Waals surface area contributed by atoms with Crippen LogP contribution in [0.15, 0.2) is 0 Å². The van der Waals surface area contributed by atoms with Gasteiger partial charge in [0.05, 0.1) is 6.61 Å². The first-order valence-electron chi connectivity index (χ1n) is 4.50. The lowest BCUT2D eigenvalue weighted by Gasteiger charge is -2.23. The molecule has 0 unspecified atom stereocenters. The van der Waals surface area contributed by atoms with E-state index in [0.717, 1.165) is 19.6 Å². The lowest BCUT2D eigenvalue weighted by Crippen LogP contribution is -2.41. The minimum Gasteiger partial charge on any atom is -0.395 e. The van der Waals surface area contributed by atoms with E-state index in [-0.39, 0.29) is 12.1 Å². The number of likely N-dealkylation sites (N-methyl/N-ethyl adjacent to an activating group) is 1. The first kappa shape index (κ1) is 11.9. The molecule has 0 aliphatic heterocycles. The van der Waals surface area contributed by atoms with Crippen molar-refractivity contribution >= 4 is 0 Å². The summed E-state index contributed by atoms with van der Waals surface area (Å²) in [5.41, 5.74) is 0.194. The largest absolute Gasteiger partial charge is 0.395 e. The Morgan fingerprint density at radius 1 is 1.25 bits per heavy atom. The molecule has 0 fully saturated rings. The number of rotatable bonds is 5. The van der Waals surface area contributed by atoms with E-state index in [9.17, 15) is 0 Å². The molecule has 0 atom stereocenters. The molecule has 3 nitrogen and oxygen atoms in total. The number of hydrogen-bond donors (Lipinski definition) is 2. The maximum atomic E-state index is 8.63. The second-order valence-corrected chi connectivity index (χ2v) is 4.20. The minimum atomic E-state index is 0.194. The van der Waals surface area contributed by atoms with E-state index in [2.05, 4.69) is 31.0 Å². The summed E-state index contributed by atoms with van der Waals surface area (Å²) in [7, 11) is 2.01. The predicted molar refractivity (Wildman–Crippen MR) is 52.3 cm³/mol. The van der Waals surface area contributed by atoms with Crippen molar-refractivity contribution < 1.29 is 5.11 Å². The highest BCUT2D eigenvalue weighted by atomic mass is 16.3. The fourth-order valence-electron chi connectivity index (χ4n) is 0.904. The molecule has 0 amide bonds. The molecule has 0 radical (unpaired) electrons. The number of aliphatic hydroxyl groups excluding tert-OH is 1. The van der Waals surface area contributed by atoms with Crippen LogP contribution in [0.3, 0.4) is 0 Å². The van der Waals surface area contributed by atoms with Crippen LogP contribution in [0.4, 0.5) is 0 Å². The van der Waals surface area contributed by atoms with Crippen LogP contribution in [0.1, 0.15) is 20.8 Å². The molecular weight excluding hydrogens is 152 g/mol. The second kappa shape index (κ2) is 5.51. The van der Waals surface area contributed by atoms with Crippen molar-refractivity contribution in [3.05, 3.63) is 0 Å². The standard InChI is InChI=1S/C9H22N2O/c1-9(2,3)10-5-6-11(4)7-8-12/h10,12H,5-8H2,1-4H3. The summed E-state index contributed by atoms with van der Waals surface area (Å²) in [5.74, 6) is 0. The molecule has 0 aliphatic carbocycles. The molecule has 0 spiro atoms. The maximum absolute atomic E-state index is 8.63. The average molecular weight is 174 g/mol. The van der Waals surface area contributed by atoms with Gasteiger partial charge in [-0.3, -0.25) is 0 Å². The van der Waals surface area contributed by atoms with Crippen molar-refractivity contribution in [1.82, 2.24) is 10.2 Å². The van der Waals surface area contributed by atoms with Gasteiger partial charge in [-0.05, 0) is 27.8 Å². The number of nitrogens with zero attached hydrogens (tertiary/aromatic N) is 1. The van der Waals surface area contributed by atoms with Crippen LogP contribution in [-0.4, -0.2) is 48.8 Å². The van der Waals surface area contributed by atoms with Crippen LogP contribution < -0.4 is 5.32 Å². The molecule has 3 heteroatoms. The van der Waals surface area contributed by atoms with Crippen LogP contribution in [0, 0.1) is 0 Å². The number of nitrogens with one attached hydrogen (secondary N) is 1. The Hall–Kier alpha value is -0.120. The van der Waals surface area contributed by atoms with Gasteiger partial charge in [0, 0.05) is 25.2 Å². The first-order valence-corrected chi connectivity index (χ1v) is 4.50. The average Bonchev–Trinajstić information content (AvgIpc) is 1.84. The maximum Gasteiger partial charge on any atom is 0.0558 e. The summed E-state index contributed by atoms with van der Waals surface area (Å²) in [4.78, 5) is 2.11. The van der Waals surface area contributed by atoms with Gasteiger partial charge in [-0.25, -0.2) is 0 Å². The molecule has 0 aromatic carbocycles. The lowest BCUT2D eigenvalue weighted by molar-refractivity contribution is 0.218. The zero-order valence-corrected chi connectivity index (χ0v) is 8.72. The van der Waals surface area contributed by atoms with Gasteiger partial charge in [0.25, 0.3) is 0 Å². The van der Waals surface area contributed by atoms with Gasteiger partial charge in [-0.1, -0.05) is 0 Å². The number of aliphatic hydroxyl groups is 1. The molecule has 0 rings (SSSR count). The van der Waals surface area contributed by atoms with Crippen molar-refractivity contribution in [2.45, 2.75) is 26.3 Å². The van der Waals surface area contributed by atoms with Gasteiger partial charge in [0.2, 0.25) is 0 Å². The van der Waals surface area contributed by atoms with Crippen LogP contribution in [0.2, 0.25) is 0 Å². The zero-order valence-electron chi connectivity index (χ0n) is 8.72. The van der Waals surface area contributed by atoms with E-state index in [0.29, 0.717) is 0 Å². The normalized spacial score (nSPS) is 12.5. The van der Waals surface area contributed by atoms with Gasteiger partial charge in [0.15, 0.2) is 0 Å². The van der Waals surface area contributed by atoms with Crippen molar-refractivity contribution in [2.24, 2.45) is 0 Å². The molecule has 0 bridgehead atoms. The molecule has 0 aromatic rings. The predicted octanol–water partition coefficient (Wildman–Crippen LogP) is 0.299. The topological polar surface area (TPSA) is 35.5 Å². The molecule has 0 saturated carbocycles. The molecule has 74 valence electrons. The first-order chi connectivity index (χ1) is 5.45. The monoisotopic (exact) mass is 174 g/mol. The quantitative estimate of drug-likeness (QED) is 0.629. The molecular formula is C9H22N2O.